The van der Waals surface area contributed by atoms with E-state index in [1.54, 1.807) is 19.3 Å². The molecule has 1 aromatic carbocycles. The zero-order chi connectivity index (χ0) is 19.9. The molecule has 0 bridgehead atoms. The van der Waals surface area contributed by atoms with Crippen LogP contribution in [0.25, 0.3) is 6.08 Å². The molecule has 0 heterocycles. The number of esters is 1. The van der Waals surface area contributed by atoms with Crippen LogP contribution >= 0.6 is 0 Å². The number of ether oxygens (including phenoxy) is 2. The van der Waals surface area contributed by atoms with E-state index >= 15 is 0 Å². The average Bonchev–Trinajstić information content (AvgIpc) is 2.68. The smallest absolute Gasteiger partial charge is 0.311 e. The maximum atomic E-state index is 12.2. The first kappa shape index (κ1) is 21.0. The Labute approximate surface area is 162 Å². The molecule has 0 unspecified atom stereocenters. The summed E-state index contributed by atoms with van der Waals surface area (Å²) in [5.74, 6) is 0.565. The fraction of sp³-hybridized carbons (Fsp3) is 0.545. The van der Waals surface area contributed by atoms with Crippen LogP contribution in [0.1, 0.15) is 58.4 Å². The Morgan fingerprint density at radius 1 is 1.15 bits per heavy atom. The van der Waals surface area contributed by atoms with Gasteiger partial charge in [0.2, 0.25) is 5.91 Å². The van der Waals surface area contributed by atoms with Crippen LogP contribution in [0.2, 0.25) is 0 Å². The number of carbonyl (C=O) groups is 2. The number of methoxy groups -OCH3 is 1. The fourth-order valence-electron chi connectivity index (χ4n) is 2.92. The number of hydrogen-bond donors (Lipinski definition) is 1. The molecule has 1 aliphatic rings. The van der Waals surface area contributed by atoms with E-state index in [0.29, 0.717) is 0 Å². The number of rotatable bonds is 7. The number of amides is 1. The van der Waals surface area contributed by atoms with E-state index in [0.717, 1.165) is 43.4 Å². The molecule has 0 radical (unpaired) electrons. The number of hydrogen-bond acceptors (Lipinski definition) is 4. The van der Waals surface area contributed by atoms with Crippen molar-refractivity contribution < 1.29 is 19.1 Å². The summed E-state index contributed by atoms with van der Waals surface area (Å²) in [6.45, 7) is 5.82. The summed E-state index contributed by atoms with van der Waals surface area (Å²) >= 11 is 0. The molecule has 1 saturated carbocycles. The van der Waals surface area contributed by atoms with Crippen molar-refractivity contribution in [2.75, 3.05) is 7.11 Å². The SMILES string of the molecule is CCC(C)(C)C(=O)O[C@H]1CC[C@H](NC(=O)/C=C/c2ccc(OC)cc2)CC1. The van der Waals surface area contributed by atoms with Crippen molar-refractivity contribution in [2.45, 2.75) is 65.0 Å². The summed E-state index contributed by atoms with van der Waals surface area (Å²) < 4.78 is 10.8. The first-order valence-electron chi connectivity index (χ1n) is 9.67. The molecule has 1 amide bonds. The number of benzene rings is 1. The van der Waals surface area contributed by atoms with Gasteiger partial charge in [-0.3, -0.25) is 9.59 Å². The Morgan fingerprint density at radius 3 is 2.33 bits per heavy atom. The van der Waals surface area contributed by atoms with Crippen LogP contribution in [-0.4, -0.2) is 31.1 Å². The fourth-order valence-corrected chi connectivity index (χ4v) is 2.92. The lowest BCUT2D eigenvalue weighted by molar-refractivity contribution is -0.161. The lowest BCUT2D eigenvalue weighted by atomic mass is 9.89. The van der Waals surface area contributed by atoms with Crippen molar-refractivity contribution in [3.63, 3.8) is 0 Å². The summed E-state index contributed by atoms with van der Waals surface area (Å²) in [7, 11) is 1.62. The first-order valence-corrected chi connectivity index (χ1v) is 9.67. The molecule has 5 heteroatoms. The van der Waals surface area contributed by atoms with Gasteiger partial charge in [0, 0.05) is 12.1 Å². The Hall–Kier alpha value is -2.30. The van der Waals surface area contributed by atoms with Crippen molar-refractivity contribution in [1.29, 1.82) is 0 Å². The first-order chi connectivity index (χ1) is 12.8. The highest BCUT2D eigenvalue weighted by Gasteiger charge is 2.31. The van der Waals surface area contributed by atoms with Gasteiger partial charge in [0.25, 0.3) is 0 Å². The largest absolute Gasteiger partial charge is 0.497 e. The van der Waals surface area contributed by atoms with Crippen LogP contribution in [0.4, 0.5) is 0 Å². The standard InChI is InChI=1S/C22H31NO4/c1-5-22(2,3)21(25)27-19-13-9-17(10-14-19)23-20(24)15-8-16-6-11-18(26-4)12-7-16/h6-8,11-12,15,17,19H,5,9-10,13-14H2,1-4H3,(H,23,24)/b15-8+/t17-,19-. The quantitative estimate of drug-likeness (QED) is 0.577. The van der Waals surface area contributed by atoms with Crippen molar-refractivity contribution in [1.82, 2.24) is 5.32 Å². The van der Waals surface area contributed by atoms with Gasteiger partial charge in [-0.05, 0) is 69.7 Å². The molecule has 27 heavy (non-hydrogen) atoms. The van der Waals surface area contributed by atoms with Gasteiger partial charge in [-0.25, -0.2) is 0 Å². The Balaban J connectivity index is 1.75. The Bertz CT molecular complexity index is 655. The van der Waals surface area contributed by atoms with Crippen LogP contribution < -0.4 is 10.1 Å². The highest BCUT2D eigenvalue weighted by molar-refractivity contribution is 5.91. The predicted molar refractivity (Wildman–Crippen MR) is 106 cm³/mol. The molecule has 0 aliphatic heterocycles. The van der Waals surface area contributed by atoms with Crippen LogP contribution in [0.15, 0.2) is 30.3 Å². The van der Waals surface area contributed by atoms with Gasteiger partial charge in [0.1, 0.15) is 11.9 Å². The topological polar surface area (TPSA) is 64.6 Å². The predicted octanol–water partition coefficient (Wildman–Crippen LogP) is 4.12. The van der Waals surface area contributed by atoms with E-state index in [1.165, 1.54) is 0 Å². The van der Waals surface area contributed by atoms with Gasteiger partial charge >= 0.3 is 5.97 Å². The third-order valence-electron chi connectivity index (χ3n) is 5.27. The molecule has 1 aliphatic carbocycles. The van der Waals surface area contributed by atoms with Crippen molar-refractivity contribution >= 4 is 18.0 Å². The second-order valence-corrected chi connectivity index (χ2v) is 7.73. The van der Waals surface area contributed by atoms with E-state index < -0.39 is 5.41 Å². The van der Waals surface area contributed by atoms with Gasteiger partial charge in [0.05, 0.1) is 12.5 Å². The van der Waals surface area contributed by atoms with Crippen molar-refractivity contribution in [2.24, 2.45) is 5.41 Å². The molecular weight excluding hydrogens is 342 g/mol. The third kappa shape index (κ3) is 6.42. The van der Waals surface area contributed by atoms with E-state index in [9.17, 15) is 9.59 Å². The molecule has 1 N–H and O–H groups in total. The number of carbonyl (C=O) groups excluding carboxylic acids is 2. The summed E-state index contributed by atoms with van der Waals surface area (Å²) in [4.78, 5) is 24.3. The zero-order valence-corrected chi connectivity index (χ0v) is 16.8. The van der Waals surface area contributed by atoms with Crippen LogP contribution in [0.3, 0.4) is 0 Å². The van der Waals surface area contributed by atoms with Gasteiger partial charge in [-0.15, -0.1) is 0 Å². The molecule has 5 nitrogen and oxygen atoms in total. The van der Waals surface area contributed by atoms with Gasteiger partial charge in [-0.2, -0.15) is 0 Å². The lowest BCUT2D eigenvalue weighted by Gasteiger charge is -2.31. The van der Waals surface area contributed by atoms with Gasteiger partial charge in [-0.1, -0.05) is 19.1 Å². The maximum absolute atomic E-state index is 12.2. The second kappa shape index (κ2) is 9.58. The molecule has 0 aromatic heterocycles. The van der Waals surface area contributed by atoms with E-state index in [4.69, 9.17) is 9.47 Å². The molecule has 0 saturated heterocycles. The second-order valence-electron chi connectivity index (χ2n) is 7.73. The molecule has 148 valence electrons. The average molecular weight is 373 g/mol. The van der Waals surface area contributed by atoms with E-state index in [2.05, 4.69) is 5.32 Å². The minimum Gasteiger partial charge on any atom is -0.497 e. The van der Waals surface area contributed by atoms with Gasteiger partial charge < -0.3 is 14.8 Å². The normalized spacial score (nSPS) is 20.3. The Kier molecular flexibility index (Phi) is 7.45. The van der Waals surface area contributed by atoms with E-state index in [-0.39, 0.29) is 24.0 Å². The zero-order valence-electron chi connectivity index (χ0n) is 16.8. The minimum atomic E-state index is -0.433. The van der Waals surface area contributed by atoms with Crippen LogP contribution in [0.5, 0.6) is 5.75 Å². The summed E-state index contributed by atoms with van der Waals surface area (Å²) in [5.41, 5.74) is 0.511. The summed E-state index contributed by atoms with van der Waals surface area (Å²) in [6.07, 6.45) is 7.30. The molecule has 0 atom stereocenters. The van der Waals surface area contributed by atoms with Crippen molar-refractivity contribution in [3.05, 3.63) is 35.9 Å². The molecule has 1 fully saturated rings. The monoisotopic (exact) mass is 373 g/mol. The third-order valence-corrected chi connectivity index (χ3v) is 5.27. The number of nitrogens with one attached hydrogen (secondary N) is 1. The lowest BCUT2D eigenvalue weighted by Crippen LogP contribution is -2.39. The summed E-state index contributed by atoms with van der Waals surface area (Å²) in [6, 6.07) is 7.66. The highest BCUT2D eigenvalue weighted by Crippen LogP contribution is 2.27. The molecule has 1 aromatic rings. The highest BCUT2D eigenvalue weighted by atomic mass is 16.5. The van der Waals surface area contributed by atoms with Crippen LogP contribution in [0, 0.1) is 5.41 Å². The summed E-state index contributed by atoms with van der Waals surface area (Å²) in [5, 5.41) is 3.04. The molecular formula is C22H31NO4. The minimum absolute atomic E-state index is 0.0358. The molecule has 0 spiro atoms. The van der Waals surface area contributed by atoms with Crippen LogP contribution in [-0.2, 0) is 14.3 Å². The Morgan fingerprint density at radius 2 is 1.78 bits per heavy atom. The van der Waals surface area contributed by atoms with E-state index in [1.807, 2.05) is 45.0 Å². The van der Waals surface area contributed by atoms with Crippen molar-refractivity contribution in [3.8, 4) is 5.75 Å². The van der Waals surface area contributed by atoms with Gasteiger partial charge in [0.15, 0.2) is 0 Å². The molecule has 2 rings (SSSR count). The maximum Gasteiger partial charge on any atom is 0.311 e.